The molecule has 0 atom stereocenters. The smallest absolute Gasteiger partial charge is 0.256 e. The maximum absolute atomic E-state index is 13.2. The van der Waals surface area contributed by atoms with Crippen LogP contribution in [-0.4, -0.2) is 17.4 Å². The van der Waals surface area contributed by atoms with Crippen molar-refractivity contribution in [3.63, 3.8) is 0 Å². The number of hydrogen-bond acceptors (Lipinski definition) is 3. The first-order valence-corrected chi connectivity index (χ1v) is 8.49. The predicted molar refractivity (Wildman–Crippen MR) is 102 cm³/mol. The maximum atomic E-state index is 13.2. The third-order valence-corrected chi connectivity index (χ3v) is 4.00. The van der Waals surface area contributed by atoms with Crippen LogP contribution in [0.1, 0.15) is 15.9 Å². The van der Waals surface area contributed by atoms with E-state index in [2.05, 4.69) is 15.6 Å². The number of anilines is 2. The normalized spacial score (nSPS) is 10.4. The Morgan fingerprint density at radius 3 is 2.58 bits per heavy atom. The molecule has 2 N–H and O–H groups in total. The van der Waals surface area contributed by atoms with E-state index in [1.165, 1.54) is 23.8 Å². The molecule has 0 fully saturated rings. The van der Waals surface area contributed by atoms with Crippen LogP contribution in [0.2, 0.25) is 5.02 Å². The number of hydrogen-bond donors (Lipinski definition) is 2. The Bertz CT molecular complexity index is 882. The van der Waals surface area contributed by atoms with Gasteiger partial charge in [-0.25, -0.2) is 9.37 Å². The van der Waals surface area contributed by atoms with Crippen LogP contribution in [0.3, 0.4) is 0 Å². The van der Waals surface area contributed by atoms with Gasteiger partial charge in [0, 0.05) is 17.1 Å². The molecule has 4 nitrogen and oxygen atoms in total. The SMILES string of the molecule is O=C(Nc1ccc(NCCc2ccc(Cl)cc2)cn1)c1cccc(F)c1. The Morgan fingerprint density at radius 1 is 1.08 bits per heavy atom. The van der Waals surface area contributed by atoms with E-state index in [9.17, 15) is 9.18 Å². The average Bonchev–Trinajstić information content (AvgIpc) is 2.65. The van der Waals surface area contributed by atoms with Gasteiger partial charge in [-0.15, -0.1) is 0 Å². The number of amides is 1. The summed E-state index contributed by atoms with van der Waals surface area (Å²) < 4.78 is 13.2. The molecular formula is C20H17ClFN3O. The molecule has 0 saturated carbocycles. The number of rotatable bonds is 6. The minimum atomic E-state index is -0.453. The third kappa shape index (κ3) is 5.04. The molecule has 26 heavy (non-hydrogen) atoms. The summed E-state index contributed by atoms with van der Waals surface area (Å²) in [6.07, 6.45) is 2.50. The van der Waals surface area contributed by atoms with Crippen molar-refractivity contribution in [3.05, 3.63) is 88.8 Å². The summed E-state index contributed by atoms with van der Waals surface area (Å²) in [7, 11) is 0. The molecule has 3 aromatic rings. The first-order chi connectivity index (χ1) is 12.6. The fraction of sp³-hybridized carbons (Fsp3) is 0.100. The molecule has 132 valence electrons. The van der Waals surface area contributed by atoms with Crippen LogP contribution < -0.4 is 10.6 Å². The van der Waals surface area contributed by atoms with Crippen LogP contribution in [0.15, 0.2) is 66.9 Å². The summed E-state index contributed by atoms with van der Waals surface area (Å²) in [5, 5.41) is 6.64. The second-order valence-corrected chi connectivity index (χ2v) is 6.14. The molecule has 1 amide bonds. The van der Waals surface area contributed by atoms with Crippen molar-refractivity contribution in [1.29, 1.82) is 0 Å². The molecule has 0 unspecified atom stereocenters. The zero-order valence-corrected chi connectivity index (χ0v) is 14.6. The van der Waals surface area contributed by atoms with Crippen molar-refractivity contribution < 1.29 is 9.18 Å². The highest BCUT2D eigenvalue weighted by Gasteiger charge is 2.07. The Kier molecular flexibility index (Phi) is 5.81. The molecule has 0 spiro atoms. The monoisotopic (exact) mass is 369 g/mol. The lowest BCUT2D eigenvalue weighted by molar-refractivity contribution is 0.102. The van der Waals surface area contributed by atoms with Gasteiger partial charge in [0.2, 0.25) is 0 Å². The molecule has 0 saturated heterocycles. The highest BCUT2D eigenvalue weighted by molar-refractivity contribution is 6.30. The number of halogens is 2. The van der Waals surface area contributed by atoms with Crippen LogP contribution in [0.5, 0.6) is 0 Å². The lowest BCUT2D eigenvalue weighted by Gasteiger charge is -2.08. The van der Waals surface area contributed by atoms with E-state index >= 15 is 0 Å². The number of carbonyl (C=O) groups excluding carboxylic acids is 1. The molecule has 3 rings (SSSR count). The van der Waals surface area contributed by atoms with E-state index in [1.54, 1.807) is 18.3 Å². The number of nitrogens with one attached hydrogen (secondary N) is 2. The summed E-state index contributed by atoms with van der Waals surface area (Å²) in [4.78, 5) is 16.3. The Labute approximate surface area is 156 Å². The molecule has 0 aliphatic heterocycles. The molecule has 2 aromatic carbocycles. The summed E-state index contributed by atoms with van der Waals surface area (Å²) in [5.74, 6) is -0.450. The number of aromatic nitrogens is 1. The predicted octanol–water partition coefficient (Wildman–Crippen LogP) is 4.78. The van der Waals surface area contributed by atoms with Crippen molar-refractivity contribution in [1.82, 2.24) is 4.98 Å². The second-order valence-electron chi connectivity index (χ2n) is 5.70. The highest BCUT2D eigenvalue weighted by Crippen LogP contribution is 2.13. The van der Waals surface area contributed by atoms with Crippen LogP contribution in [0.25, 0.3) is 0 Å². The van der Waals surface area contributed by atoms with Crippen molar-refractivity contribution >= 4 is 29.0 Å². The Balaban J connectivity index is 1.51. The molecule has 0 radical (unpaired) electrons. The maximum Gasteiger partial charge on any atom is 0.256 e. The van der Waals surface area contributed by atoms with Gasteiger partial charge in [-0.3, -0.25) is 4.79 Å². The number of benzene rings is 2. The molecule has 0 aliphatic carbocycles. The summed E-state index contributed by atoms with van der Waals surface area (Å²) in [6, 6.07) is 16.8. The van der Waals surface area contributed by atoms with E-state index in [0.29, 0.717) is 5.82 Å². The van der Waals surface area contributed by atoms with Gasteiger partial charge in [-0.2, -0.15) is 0 Å². The van der Waals surface area contributed by atoms with Crippen LogP contribution >= 0.6 is 11.6 Å². The Morgan fingerprint density at radius 2 is 1.88 bits per heavy atom. The van der Waals surface area contributed by atoms with Crippen molar-refractivity contribution in [2.45, 2.75) is 6.42 Å². The highest BCUT2D eigenvalue weighted by atomic mass is 35.5. The van der Waals surface area contributed by atoms with E-state index in [0.717, 1.165) is 23.7 Å². The largest absolute Gasteiger partial charge is 0.383 e. The van der Waals surface area contributed by atoms with Gasteiger partial charge in [-0.05, 0) is 54.4 Å². The van der Waals surface area contributed by atoms with Gasteiger partial charge < -0.3 is 10.6 Å². The van der Waals surface area contributed by atoms with Gasteiger partial charge in [0.25, 0.3) is 5.91 Å². The first-order valence-electron chi connectivity index (χ1n) is 8.11. The zero-order valence-electron chi connectivity index (χ0n) is 13.9. The van der Waals surface area contributed by atoms with Gasteiger partial charge in [-0.1, -0.05) is 29.8 Å². The van der Waals surface area contributed by atoms with Crippen LogP contribution in [-0.2, 0) is 6.42 Å². The number of carbonyl (C=O) groups is 1. The van der Waals surface area contributed by atoms with E-state index < -0.39 is 11.7 Å². The Hall–Kier alpha value is -2.92. The topological polar surface area (TPSA) is 54.0 Å². The van der Waals surface area contributed by atoms with E-state index in [-0.39, 0.29) is 5.56 Å². The van der Waals surface area contributed by atoms with Gasteiger partial charge in [0.15, 0.2) is 0 Å². The standard InChI is InChI=1S/C20H17ClFN3O/c21-16-6-4-14(5-7-16)10-11-23-18-8-9-19(24-13-18)25-20(26)15-2-1-3-17(22)12-15/h1-9,12-13,23H,10-11H2,(H,24,25,26). The van der Waals surface area contributed by atoms with Gasteiger partial charge in [0.05, 0.1) is 11.9 Å². The third-order valence-electron chi connectivity index (χ3n) is 3.75. The molecule has 6 heteroatoms. The van der Waals surface area contributed by atoms with E-state index in [1.807, 2.05) is 30.3 Å². The summed E-state index contributed by atoms with van der Waals surface area (Å²) in [6.45, 7) is 0.748. The zero-order chi connectivity index (χ0) is 18.4. The van der Waals surface area contributed by atoms with Crippen molar-refractivity contribution in [2.24, 2.45) is 0 Å². The molecule has 0 bridgehead atoms. The molecule has 1 heterocycles. The summed E-state index contributed by atoms with van der Waals surface area (Å²) >= 11 is 5.87. The first kappa shape index (κ1) is 17.9. The number of pyridine rings is 1. The molecular weight excluding hydrogens is 353 g/mol. The lowest BCUT2D eigenvalue weighted by atomic mass is 10.1. The minimum absolute atomic E-state index is 0.247. The minimum Gasteiger partial charge on any atom is -0.383 e. The lowest BCUT2D eigenvalue weighted by Crippen LogP contribution is -2.13. The second kappa shape index (κ2) is 8.45. The fourth-order valence-corrected chi connectivity index (χ4v) is 2.52. The molecule has 0 aliphatic rings. The fourth-order valence-electron chi connectivity index (χ4n) is 2.39. The van der Waals surface area contributed by atoms with Gasteiger partial charge in [0.1, 0.15) is 11.6 Å². The molecule has 1 aromatic heterocycles. The summed E-state index contributed by atoms with van der Waals surface area (Å²) in [5.41, 5.74) is 2.29. The number of nitrogens with zero attached hydrogens (tertiary/aromatic N) is 1. The van der Waals surface area contributed by atoms with Crippen molar-refractivity contribution in [2.75, 3.05) is 17.2 Å². The average molecular weight is 370 g/mol. The van der Waals surface area contributed by atoms with Crippen LogP contribution in [0.4, 0.5) is 15.9 Å². The van der Waals surface area contributed by atoms with Crippen LogP contribution in [0, 0.1) is 5.82 Å². The van der Waals surface area contributed by atoms with E-state index in [4.69, 9.17) is 11.6 Å². The van der Waals surface area contributed by atoms with Crippen molar-refractivity contribution in [3.8, 4) is 0 Å². The quantitative estimate of drug-likeness (QED) is 0.657. The van der Waals surface area contributed by atoms with Gasteiger partial charge >= 0.3 is 0 Å².